The number of hydrogen-bond donors (Lipinski definition) is 1. The Bertz CT molecular complexity index is 578. The monoisotopic (exact) mass is 429 g/mol. The number of benzene rings is 1. The van der Waals surface area contributed by atoms with Gasteiger partial charge in [-0.2, -0.15) is 0 Å². The number of ether oxygens (including phenoxy) is 2. The van der Waals surface area contributed by atoms with E-state index >= 15 is 0 Å². The van der Waals surface area contributed by atoms with Crippen molar-refractivity contribution in [2.45, 2.75) is 31.8 Å². The fourth-order valence-corrected chi connectivity index (χ4v) is 3.46. The first kappa shape index (κ1) is 21.1. The Morgan fingerprint density at radius 1 is 1.35 bits per heavy atom. The van der Waals surface area contributed by atoms with E-state index in [1.807, 2.05) is 19.2 Å². The number of halogens is 2. The molecule has 1 N–H and O–H groups in total. The molecule has 1 aromatic carbocycles. The predicted octanol–water partition coefficient (Wildman–Crippen LogP) is 3.22. The maximum Gasteiger partial charge on any atom is 0.193 e. The van der Waals surface area contributed by atoms with Crippen LogP contribution in [0.2, 0.25) is 0 Å². The van der Waals surface area contributed by atoms with Crippen LogP contribution in [0.15, 0.2) is 27.7 Å². The van der Waals surface area contributed by atoms with Gasteiger partial charge in [-0.1, -0.05) is 6.07 Å². The van der Waals surface area contributed by atoms with Crippen molar-refractivity contribution in [1.82, 2.24) is 10.2 Å². The minimum Gasteiger partial charge on any atom is -0.385 e. The van der Waals surface area contributed by atoms with E-state index < -0.39 is 0 Å². The summed E-state index contributed by atoms with van der Waals surface area (Å²) in [5, 5.41) is 3.41. The van der Waals surface area contributed by atoms with Gasteiger partial charge < -0.3 is 19.7 Å². The zero-order chi connectivity index (χ0) is 18.8. The molecule has 1 heterocycles. The van der Waals surface area contributed by atoms with E-state index in [4.69, 9.17) is 9.47 Å². The highest BCUT2D eigenvalue weighted by Gasteiger charge is 2.21. The first-order valence-electron chi connectivity index (χ1n) is 9.14. The smallest absolute Gasteiger partial charge is 0.193 e. The molecule has 0 atom stereocenters. The Morgan fingerprint density at radius 2 is 2.12 bits per heavy atom. The molecule has 0 radical (unpaired) electrons. The van der Waals surface area contributed by atoms with Crippen molar-refractivity contribution in [1.29, 1.82) is 0 Å². The van der Waals surface area contributed by atoms with Gasteiger partial charge in [-0.05, 0) is 59.3 Å². The lowest BCUT2D eigenvalue weighted by Crippen LogP contribution is -2.47. The van der Waals surface area contributed by atoms with Gasteiger partial charge in [-0.3, -0.25) is 4.99 Å². The molecule has 26 heavy (non-hydrogen) atoms. The standard InChI is InChI=1S/C19H29BrFN3O2/c1-22-19(23-9-6-15-4-5-18(21)17(20)14-15)24-10-7-16(8-11-24)26-13-3-12-25-2/h4-5,14,16H,3,6-13H2,1-2H3,(H,22,23). The summed E-state index contributed by atoms with van der Waals surface area (Å²) >= 11 is 3.23. The van der Waals surface area contributed by atoms with Crippen LogP contribution in [-0.2, 0) is 15.9 Å². The van der Waals surface area contributed by atoms with Crippen LogP contribution in [0.5, 0.6) is 0 Å². The highest BCUT2D eigenvalue weighted by atomic mass is 79.9. The van der Waals surface area contributed by atoms with E-state index in [-0.39, 0.29) is 5.82 Å². The molecule has 1 aliphatic rings. The highest BCUT2D eigenvalue weighted by Crippen LogP contribution is 2.17. The van der Waals surface area contributed by atoms with Crippen LogP contribution in [0.3, 0.4) is 0 Å². The normalized spacial score (nSPS) is 16.2. The fourth-order valence-electron chi connectivity index (χ4n) is 3.03. The number of nitrogens with one attached hydrogen (secondary N) is 1. The van der Waals surface area contributed by atoms with Crippen LogP contribution in [0.25, 0.3) is 0 Å². The van der Waals surface area contributed by atoms with Crippen LogP contribution in [0.4, 0.5) is 4.39 Å². The lowest BCUT2D eigenvalue weighted by atomic mass is 10.1. The Labute approximate surface area is 164 Å². The van der Waals surface area contributed by atoms with Crippen molar-refractivity contribution in [3.63, 3.8) is 0 Å². The average molecular weight is 430 g/mol. The SMILES string of the molecule is CN=C(NCCc1ccc(F)c(Br)c1)N1CCC(OCCCOC)CC1. The Hall–Kier alpha value is -1.18. The zero-order valence-corrected chi connectivity index (χ0v) is 17.2. The molecular formula is C19H29BrFN3O2. The van der Waals surface area contributed by atoms with E-state index in [1.165, 1.54) is 6.07 Å². The molecule has 1 aromatic rings. The molecule has 0 spiro atoms. The number of hydrogen-bond acceptors (Lipinski definition) is 3. The Kier molecular flexibility index (Phi) is 9.36. The van der Waals surface area contributed by atoms with E-state index in [0.29, 0.717) is 10.6 Å². The van der Waals surface area contributed by atoms with E-state index in [0.717, 1.165) is 70.1 Å². The van der Waals surface area contributed by atoms with Gasteiger partial charge in [0.2, 0.25) is 0 Å². The van der Waals surface area contributed by atoms with Crippen LogP contribution in [-0.4, -0.2) is 64.0 Å². The van der Waals surface area contributed by atoms with E-state index in [2.05, 4.69) is 31.1 Å². The molecule has 0 bridgehead atoms. The lowest BCUT2D eigenvalue weighted by molar-refractivity contribution is 0.00992. The fraction of sp³-hybridized carbons (Fsp3) is 0.632. The summed E-state index contributed by atoms with van der Waals surface area (Å²) in [7, 11) is 3.52. The number of piperidine rings is 1. The molecule has 1 aliphatic heterocycles. The lowest BCUT2D eigenvalue weighted by Gasteiger charge is -2.34. The minimum atomic E-state index is -0.232. The number of methoxy groups -OCH3 is 1. The average Bonchev–Trinajstić information content (AvgIpc) is 2.66. The van der Waals surface area contributed by atoms with Crippen molar-refractivity contribution >= 4 is 21.9 Å². The molecule has 0 amide bonds. The molecule has 5 nitrogen and oxygen atoms in total. The maximum absolute atomic E-state index is 13.3. The van der Waals surface area contributed by atoms with Gasteiger partial charge in [-0.15, -0.1) is 0 Å². The maximum atomic E-state index is 13.3. The third kappa shape index (κ3) is 6.85. The van der Waals surface area contributed by atoms with Gasteiger partial charge in [0.25, 0.3) is 0 Å². The molecule has 1 fully saturated rings. The van der Waals surface area contributed by atoms with Gasteiger partial charge in [0.05, 0.1) is 10.6 Å². The van der Waals surface area contributed by atoms with Crippen molar-refractivity contribution in [3.05, 3.63) is 34.1 Å². The molecule has 0 aromatic heterocycles. The number of nitrogens with zero attached hydrogens (tertiary/aromatic N) is 2. The summed E-state index contributed by atoms with van der Waals surface area (Å²) in [6.07, 6.45) is 4.12. The van der Waals surface area contributed by atoms with Gasteiger partial charge >= 0.3 is 0 Å². The topological polar surface area (TPSA) is 46.1 Å². The zero-order valence-electron chi connectivity index (χ0n) is 15.6. The molecule has 7 heteroatoms. The summed E-state index contributed by atoms with van der Waals surface area (Å²) in [6.45, 7) is 4.16. The van der Waals surface area contributed by atoms with Crippen molar-refractivity contribution in [2.75, 3.05) is 47.0 Å². The predicted molar refractivity (Wildman–Crippen MR) is 106 cm³/mol. The molecule has 2 rings (SSSR count). The van der Waals surface area contributed by atoms with Gasteiger partial charge in [0.1, 0.15) is 5.82 Å². The number of guanidine groups is 1. The minimum absolute atomic E-state index is 0.232. The number of rotatable bonds is 8. The number of aliphatic imine (C=N–C) groups is 1. The first-order chi connectivity index (χ1) is 12.6. The summed E-state index contributed by atoms with van der Waals surface area (Å²) in [4.78, 5) is 6.66. The van der Waals surface area contributed by atoms with Crippen molar-refractivity contribution in [2.24, 2.45) is 4.99 Å². The largest absolute Gasteiger partial charge is 0.385 e. The second kappa shape index (κ2) is 11.5. The van der Waals surface area contributed by atoms with Crippen molar-refractivity contribution in [3.8, 4) is 0 Å². The summed E-state index contributed by atoms with van der Waals surface area (Å²) in [6, 6.07) is 5.13. The third-order valence-corrected chi connectivity index (χ3v) is 5.09. The quantitative estimate of drug-likeness (QED) is 0.391. The molecular weight excluding hydrogens is 401 g/mol. The Morgan fingerprint density at radius 3 is 2.77 bits per heavy atom. The van der Waals surface area contributed by atoms with Crippen LogP contribution in [0, 0.1) is 5.82 Å². The van der Waals surface area contributed by atoms with Gasteiger partial charge in [-0.25, -0.2) is 4.39 Å². The second-order valence-corrected chi connectivity index (χ2v) is 7.23. The summed E-state index contributed by atoms with van der Waals surface area (Å²) < 4.78 is 24.7. The van der Waals surface area contributed by atoms with Gasteiger partial charge in [0, 0.05) is 47.0 Å². The van der Waals surface area contributed by atoms with Crippen molar-refractivity contribution < 1.29 is 13.9 Å². The molecule has 1 saturated heterocycles. The molecule has 0 unspecified atom stereocenters. The van der Waals surface area contributed by atoms with Gasteiger partial charge in [0.15, 0.2) is 5.96 Å². The van der Waals surface area contributed by atoms with Crippen LogP contribution >= 0.6 is 15.9 Å². The summed E-state index contributed by atoms with van der Waals surface area (Å²) in [5.41, 5.74) is 1.09. The van der Waals surface area contributed by atoms with E-state index in [9.17, 15) is 4.39 Å². The third-order valence-electron chi connectivity index (χ3n) is 4.48. The first-order valence-corrected chi connectivity index (χ1v) is 9.93. The van der Waals surface area contributed by atoms with E-state index in [1.54, 1.807) is 7.11 Å². The molecule has 0 saturated carbocycles. The Balaban J connectivity index is 1.70. The van der Waals surface area contributed by atoms with Crippen LogP contribution in [0.1, 0.15) is 24.8 Å². The van der Waals surface area contributed by atoms with Crippen LogP contribution < -0.4 is 5.32 Å². The molecule has 0 aliphatic carbocycles. The molecule has 146 valence electrons. The number of likely N-dealkylation sites (tertiary alicyclic amines) is 1. The summed E-state index contributed by atoms with van der Waals surface area (Å²) in [5.74, 6) is 0.689. The highest BCUT2D eigenvalue weighted by molar-refractivity contribution is 9.10. The second-order valence-electron chi connectivity index (χ2n) is 6.38.